The third kappa shape index (κ3) is 13.8. The first-order valence-corrected chi connectivity index (χ1v) is 25.6. The number of benzene rings is 2. The lowest BCUT2D eigenvalue weighted by Crippen LogP contribution is -2.37. The number of carbonyl (C=O) groups excluding carboxylic acids is 2. The van der Waals surface area contributed by atoms with Gasteiger partial charge in [-0.1, -0.05) is 54.7 Å². The van der Waals surface area contributed by atoms with Gasteiger partial charge in [-0.25, -0.2) is 9.59 Å². The lowest BCUT2D eigenvalue weighted by Gasteiger charge is -2.34. The number of hydrogen-bond acceptors (Lipinski definition) is 12. The van der Waals surface area contributed by atoms with E-state index in [1.54, 1.807) is 23.5 Å². The van der Waals surface area contributed by atoms with Crippen molar-refractivity contribution in [1.82, 2.24) is 0 Å². The molecule has 0 saturated carbocycles. The molecule has 2 aliphatic rings. The maximum absolute atomic E-state index is 12.6. The fraction of sp³-hybridized carbons (Fsp3) is 0.591. The predicted molar refractivity (Wildman–Crippen MR) is 251 cm³/mol. The van der Waals surface area contributed by atoms with Crippen molar-refractivity contribution in [3.05, 3.63) is 71.8 Å². The van der Waals surface area contributed by atoms with Crippen LogP contribution in [-0.2, 0) is 29.9 Å². The molecule has 4 atom stereocenters. The van der Waals surface area contributed by atoms with E-state index in [-0.39, 0.29) is 24.0 Å². The number of thioether (sulfide) groups is 6. The summed E-state index contributed by atoms with van der Waals surface area (Å²) in [5.41, 5.74) is 5.85. The highest BCUT2D eigenvalue weighted by atomic mass is 32.2. The van der Waals surface area contributed by atoms with Gasteiger partial charge in [0.25, 0.3) is 0 Å². The second-order valence-corrected chi connectivity index (χ2v) is 24.8. The van der Waals surface area contributed by atoms with Crippen molar-refractivity contribution in [1.29, 1.82) is 0 Å². The second kappa shape index (κ2) is 20.7. The average molecular weight is 879 g/mol. The Labute approximate surface area is 362 Å². The Morgan fingerprint density at radius 3 is 1.41 bits per heavy atom. The summed E-state index contributed by atoms with van der Waals surface area (Å²) >= 11 is 11.2. The van der Waals surface area contributed by atoms with Gasteiger partial charge in [-0.3, -0.25) is 0 Å². The van der Waals surface area contributed by atoms with Crippen LogP contribution in [0.2, 0.25) is 0 Å². The van der Waals surface area contributed by atoms with Crippen LogP contribution in [0.5, 0.6) is 11.5 Å². The van der Waals surface area contributed by atoms with Crippen LogP contribution in [0.25, 0.3) is 11.1 Å². The molecular formula is C44H62O6S6. The largest absolute Gasteiger partial charge is 0.488 e. The molecule has 0 bridgehead atoms. The van der Waals surface area contributed by atoms with Gasteiger partial charge in [0.2, 0.25) is 0 Å². The fourth-order valence-corrected chi connectivity index (χ4v) is 14.5. The van der Waals surface area contributed by atoms with E-state index < -0.39 is 21.8 Å². The van der Waals surface area contributed by atoms with Crippen molar-refractivity contribution in [3.8, 4) is 22.6 Å². The Morgan fingerprint density at radius 2 is 1.05 bits per heavy atom. The highest BCUT2D eigenvalue weighted by molar-refractivity contribution is 8.08. The Bertz CT molecular complexity index is 1630. The van der Waals surface area contributed by atoms with Crippen molar-refractivity contribution < 1.29 is 28.5 Å². The van der Waals surface area contributed by atoms with E-state index >= 15 is 0 Å². The molecule has 2 aliphatic heterocycles. The van der Waals surface area contributed by atoms with E-state index in [0.29, 0.717) is 10.5 Å². The van der Waals surface area contributed by atoms with Gasteiger partial charge >= 0.3 is 11.9 Å². The molecule has 310 valence electrons. The molecule has 12 heteroatoms. The highest BCUT2D eigenvalue weighted by Gasteiger charge is 2.36. The van der Waals surface area contributed by atoms with Gasteiger partial charge in [0, 0.05) is 79.8 Å². The van der Waals surface area contributed by atoms with Crippen LogP contribution in [0.3, 0.4) is 0 Å². The third-order valence-electron chi connectivity index (χ3n) is 9.34. The van der Waals surface area contributed by atoms with E-state index in [1.165, 1.54) is 23.7 Å². The van der Waals surface area contributed by atoms with Gasteiger partial charge < -0.3 is 18.9 Å². The highest BCUT2D eigenvalue weighted by Crippen LogP contribution is 2.45. The van der Waals surface area contributed by atoms with Crippen molar-refractivity contribution in [2.24, 2.45) is 0 Å². The summed E-state index contributed by atoms with van der Waals surface area (Å²) in [6.07, 6.45) is 2.45. The summed E-state index contributed by atoms with van der Waals surface area (Å²) in [4.78, 5) is 23.3. The Balaban J connectivity index is 1.64. The number of rotatable bonds is 17. The van der Waals surface area contributed by atoms with E-state index in [9.17, 15) is 9.59 Å². The maximum Gasteiger partial charge on any atom is 0.331 e. The quantitative estimate of drug-likeness (QED) is 0.0863. The van der Waals surface area contributed by atoms with Crippen molar-refractivity contribution in [3.63, 3.8) is 0 Å². The normalized spacial score (nSPS) is 19.9. The maximum atomic E-state index is 12.6. The minimum absolute atomic E-state index is 0.204. The summed E-state index contributed by atoms with van der Waals surface area (Å²) in [6, 6.07) is 8.85. The zero-order chi connectivity index (χ0) is 41.3. The van der Waals surface area contributed by atoms with Gasteiger partial charge in [0.1, 0.15) is 24.7 Å². The minimum atomic E-state index is -0.895. The molecular weight excluding hydrogens is 817 g/mol. The molecule has 0 aliphatic carbocycles. The molecule has 0 aromatic heterocycles. The molecule has 0 radical (unpaired) electrons. The third-order valence-corrected chi connectivity index (χ3v) is 18.2. The predicted octanol–water partition coefficient (Wildman–Crippen LogP) is 11.4. The molecule has 2 aromatic rings. The molecule has 0 spiro atoms. The number of esters is 2. The summed E-state index contributed by atoms with van der Waals surface area (Å²) in [7, 11) is 0. The zero-order valence-corrected chi connectivity index (χ0v) is 39.9. The first-order chi connectivity index (χ1) is 26.3. The molecule has 2 saturated heterocycles. The van der Waals surface area contributed by atoms with Crippen LogP contribution in [0, 0.1) is 13.8 Å². The SMILES string of the molecule is C=CC(=O)OC(C)(COc1c(C)cc(-c2cc(C(C)(C)C)c(OCC(C)(OC(=O)C=C)SCC3CSCCS3)c(C(C)(C)C)c2)cc1C)SCC1CSCCS1. The average Bonchev–Trinajstić information content (AvgIpc) is 3.15. The fourth-order valence-electron chi connectivity index (χ4n) is 6.33. The Morgan fingerprint density at radius 1 is 0.661 bits per heavy atom. The molecule has 0 N–H and O–H groups in total. The summed E-state index contributed by atoms with van der Waals surface area (Å²) in [6.45, 7) is 29.0. The van der Waals surface area contributed by atoms with Crippen LogP contribution in [0.4, 0.5) is 0 Å². The molecule has 2 fully saturated rings. The van der Waals surface area contributed by atoms with Crippen molar-refractivity contribution >= 4 is 82.5 Å². The molecule has 6 nitrogen and oxygen atoms in total. The summed E-state index contributed by atoms with van der Waals surface area (Å²) in [5.74, 6) is 9.34. The van der Waals surface area contributed by atoms with Crippen LogP contribution < -0.4 is 9.47 Å². The number of ether oxygens (including phenoxy) is 4. The van der Waals surface area contributed by atoms with Crippen LogP contribution >= 0.6 is 70.6 Å². The lowest BCUT2D eigenvalue weighted by atomic mass is 9.77. The Kier molecular flexibility index (Phi) is 17.5. The summed E-state index contributed by atoms with van der Waals surface area (Å²) < 4.78 is 25.3. The lowest BCUT2D eigenvalue weighted by molar-refractivity contribution is -0.147. The van der Waals surface area contributed by atoms with Crippen LogP contribution in [-0.4, -0.2) is 91.5 Å². The molecule has 4 rings (SSSR count). The first kappa shape index (κ1) is 47.2. The van der Waals surface area contributed by atoms with Gasteiger partial charge in [-0.05, 0) is 85.0 Å². The molecule has 4 unspecified atom stereocenters. The smallest absolute Gasteiger partial charge is 0.331 e. The van der Waals surface area contributed by atoms with E-state index in [0.717, 1.165) is 79.4 Å². The molecule has 2 heterocycles. The topological polar surface area (TPSA) is 71.1 Å². The van der Waals surface area contributed by atoms with E-state index in [4.69, 9.17) is 18.9 Å². The standard InChI is InChI=1S/C44H62O6S6/c1-13-37(45)49-43(11,55-25-33-23-51-15-17-53-33)27-47-39-29(3)19-31(20-30(39)4)32-21-35(41(5,6)7)40(36(22-32)42(8,9)10)48-28-44(12,50-38(46)14-2)56-26-34-24-52-16-18-54-34/h13-14,19-22,33-34H,1-2,15-18,23-28H2,3-12H3. The van der Waals surface area contributed by atoms with Crippen molar-refractivity contribution in [2.45, 2.75) is 100 Å². The number of carbonyl (C=O) groups is 2. The van der Waals surface area contributed by atoms with Gasteiger partial charge in [-0.2, -0.15) is 47.0 Å². The first-order valence-electron chi connectivity index (χ1n) is 19.2. The van der Waals surface area contributed by atoms with Crippen LogP contribution in [0.1, 0.15) is 77.6 Å². The monoisotopic (exact) mass is 878 g/mol. The minimum Gasteiger partial charge on any atom is -0.488 e. The zero-order valence-electron chi connectivity index (χ0n) is 35.0. The van der Waals surface area contributed by atoms with Gasteiger partial charge in [0.05, 0.1) is 0 Å². The molecule has 2 aromatic carbocycles. The van der Waals surface area contributed by atoms with Gasteiger partial charge in [-0.15, -0.1) is 23.5 Å². The van der Waals surface area contributed by atoms with Gasteiger partial charge in [0.15, 0.2) is 9.87 Å². The molecule has 0 amide bonds. The Hall–Kier alpha value is -1.44. The van der Waals surface area contributed by atoms with E-state index in [1.807, 2.05) is 60.9 Å². The number of aryl methyl sites for hydroxylation is 2. The number of hydrogen-bond donors (Lipinski definition) is 0. The van der Waals surface area contributed by atoms with Crippen LogP contribution in [0.15, 0.2) is 49.6 Å². The van der Waals surface area contributed by atoms with E-state index in [2.05, 4.69) is 92.8 Å². The second-order valence-electron chi connectivity index (χ2n) is 16.7. The van der Waals surface area contributed by atoms with Crippen molar-refractivity contribution in [2.75, 3.05) is 59.2 Å². The molecule has 56 heavy (non-hydrogen) atoms. The summed E-state index contributed by atoms with van der Waals surface area (Å²) in [5, 5.41) is 1.01.